The van der Waals surface area contributed by atoms with Gasteiger partial charge in [-0.1, -0.05) is 6.07 Å². The third-order valence-electron chi connectivity index (χ3n) is 5.88. The number of piperidine rings is 1. The highest BCUT2D eigenvalue weighted by molar-refractivity contribution is 5.95. The maximum atomic E-state index is 13.1. The molecule has 0 saturated carbocycles. The monoisotopic (exact) mass is 412 g/mol. The number of ether oxygens (including phenoxy) is 1. The van der Waals surface area contributed by atoms with Crippen LogP contribution in [0.1, 0.15) is 30.4 Å². The largest absolute Gasteiger partial charge is 0.378 e. The van der Waals surface area contributed by atoms with E-state index in [1.807, 2.05) is 30.9 Å². The summed E-state index contributed by atoms with van der Waals surface area (Å²) in [4.78, 5) is 31.6. The summed E-state index contributed by atoms with van der Waals surface area (Å²) < 4.78 is 5.34. The zero-order chi connectivity index (χ0) is 21.5. The van der Waals surface area contributed by atoms with E-state index >= 15 is 0 Å². The minimum Gasteiger partial charge on any atom is -0.378 e. The van der Waals surface area contributed by atoms with Gasteiger partial charge in [0.05, 0.1) is 32.2 Å². The van der Waals surface area contributed by atoms with E-state index in [1.54, 1.807) is 4.90 Å². The van der Waals surface area contributed by atoms with E-state index in [2.05, 4.69) is 17.0 Å². The normalized spacial score (nSPS) is 18.1. The third-order valence-corrected chi connectivity index (χ3v) is 5.88. The maximum absolute atomic E-state index is 13.1. The fraction of sp³-hybridized carbons (Fsp3) is 0.609. The second-order valence-corrected chi connectivity index (χ2v) is 8.29. The fourth-order valence-electron chi connectivity index (χ4n) is 4.32. The summed E-state index contributed by atoms with van der Waals surface area (Å²) >= 11 is 0. The Morgan fingerprint density at radius 1 is 1.10 bits per heavy atom. The third kappa shape index (κ3) is 5.80. The molecule has 3 rings (SSSR count). The molecule has 0 bridgehead atoms. The molecule has 162 valence electrons. The number of amides is 2. The van der Waals surface area contributed by atoms with Gasteiger partial charge in [-0.2, -0.15) is 5.26 Å². The van der Waals surface area contributed by atoms with Crippen LogP contribution in [-0.2, 0) is 14.3 Å². The number of carbonyl (C=O) groups is 2. The van der Waals surface area contributed by atoms with Gasteiger partial charge < -0.3 is 14.5 Å². The molecular formula is C23H32N4O3. The van der Waals surface area contributed by atoms with Crippen molar-refractivity contribution in [2.75, 3.05) is 57.4 Å². The van der Waals surface area contributed by atoms with Crippen molar-refractivity contribution in [1.29, 1.82) is 5.26 Å². The molecule has 1 aromatic rings. The summed E-state index contributed by atoms with van der Waals surface area (Å²) in [5, 5.41) is 9.02. The van der Waals surface area contributed by atoms with Crippen LogP contribution in [0.5, 0.6) is 0 Å². The van der Waals surface area contributed by atoms with Gasteiger partial charge in [0, 0.05) is 31.2 Å². The molecule has 0 aliphatic carbocycles. The number of nitrogens with zero attached hydrogens (tertiary/aromatic N) is 4. The Kier molecular flexibility index (Phi) is 7.83. The minimum absolute atomic E-state index is 0.00760. The summed E-state index contributed by atoms with van der Waals surface area (Å²) in [7, 11) is 0. The summed E-state index contributed by atoms with van der Waals surface area (Å²) in [5.41, 5.74) is 3.05. The van der Waals surface area contributed by atoms with Crippen molar-refractivity contribution in [3.63, 3.8) is 0 Å². The number of benzene rings is 1. The van der Waals surface area contributed by atoms with Crippen molar-refractivity contribution < 1.29 is 14.3 Å². The van der Waals surface area contributed by atoms with Crippen LogP contribution in [0.15, 0.2) is 18.2 Å². The van der Waals surface area contributed by atoms with E-state index < -0.39 is 0 Å². The number of likely N-dealkylation sites (tertiary alicyclic amines) is 1. The van der Waals surface area contributed by atoms with Gasteiger partial charge >= 0.3 is 0 Å². The molecule has 0 spiro atoms. The molecule has 0 unspecified atom stereocenters. The van der Waals surface area contributed by atoms with Crippen molar-refractivity contribution in [1.82, 2.24) is 9.80 Å². The lowest BCUT2D eigenvalue weighted by Crippen LogP contribution is -2.48. The molecule has 2 aliphatic heterocycles. The predicted molar refractivity (Wildman–Crippen MR) is 115 cm³/mol. The SMILES string of the molecule is Cc1cc(C)cc(N(CCC#N)C(=O)CN2CCC(C(=O)N3CCOCC3)CC2)c1. The lowest BCUT2D eigenvalue weighted by molar-refractivity contribution is -0.141. The smallest absolute Gasteiger partial charge is 0.241 e. The molecule has 7 heteroatoms. The molecule has 0 aromatic heterocycles. The first-order valence-corrected chi connectivity index (χ1v) is 10.8. The quantitative estimate of drug-likeness (QED) is 0.715. The van der Waals surface area contributed by atoms with Gasteiger partial charge in [-0.05, 0) is 63.0 Å². The number of hydrogen-bond acceptors (Lipinski definition) is 5. The molecule has 2 aliphatic rings. The first-order valence-electron chi connectivity index (χ1n) is 10.8. The molecule has 30 heavy (non-hydrogen) atoms. The fourth-order valence-corrected chi connectivity index (χ4v) is 4.32. The Labute approximate surface area is 179 Å². The van der Waals surface area contributed by atoms with Crippen LogP contribution in [0.2, 0.25) is 0 Å². The number of anilines is 1. The van der Waals surface area contributed by atoms with Crippen LogP contribution in [0.3, 0.4) is 0 Å². The van der Waals surface area contributed by atoms with Crippen molar-refractivity contribution in [3.8, 4) is 6.07 Å². The summed E-state index contributed by atoms with van der Waals surface area (Å²) in [6.45, 7) is 8.83. The molecule has 2 amide bonds. The van der Waals surface area contributed by atoms with Gasteiger partial charge in [-0.15, -0.1) is 0 Å². The Bertz CT molecular complexity index is 770. The summed E-state index contributed by atoms with van der Waals surface area (Å²) in [5.74, 6) is 0.284. The molecule has 2 fully saturated rings. The van der Waals surface area contributed by atoms with Crippen LogP contribution < -0.4 is 4.90 Å². The maximum Gasteiger partial charge on any atom is 0.241 e. The van der Waals surface area contributed by atoms with E-state index in [1.165, 1.54) is 0 Å². The van der Waals surface area contributed by atoms with Crippen molar-refractivity contribution in [2.45, 2.75) is 33.1 Å². The van der Waals surface area contributed by atoms with E-state index in [4.69, 9.17) is 10.00 Å². The van der Waals surface area contributed by atoms with Crippen molar-refractivity contribution >= 4 is 17.5 Å². The molecule has 2 saturated heterocycles. The average Bonchev–Trinajstić information content (AvgIpc) is 2.74. The van der Waals surface area contributed by atoms with Crippen LogP contribution in [0, 0.1) is 31.1 Å². The standard InChI is InChI=1S/C23H32N4O3/c1-18-14-19(2)16-21(15-18)27(7-3-6-24)22(28)17-25-8-4-20(5-9-25)23(29)26-10-12-30-13-11-26/h14-16,20H,3-5,7-13,17H2,1-2H3. The van der Waals surface area contributed by atoms with Gasteiger partial charge in [-0.25, -0.2) is 0 Å². The van der Waals surface area contributed by atoms with Crippen molar-refractivity contribution in [3.05, 3.63) is 29.3 Å². The second kappa shape index (κ2) is 10.6. The zero-order valence-electron chi connectivity index (χ0n) is 18.1. The predicted octanol–water partition coefficient (Wildman–Crippen LogP) is 2.12. The second-order valence-electron chi connectivity index (χ2n) is 8.29. The van der Waals surface area contributed by atoms with E-state index in [0.29, 0.717) is 45.8 Å². The number of nitriles is 1. The van der Waals surface area contributed by atoms with Gasteiger partial charge in [0.2, 0.25) is 11.8 Å². The van der Waals surface area contributed by atoms with Gasteiger partial charge in [0.25, 0.3) is 0 Å². The van der Waals surface area contributed by atoms with E-state index in [-0.39, 0.29) is 17.7 Å². The first-order chi connectivity index (χ1) is 14.5. The van der Waals surface area contributed by atoms with Crippen LogP contribution in [0.25, 0.3) is 0 Å². The summed E-state index contributed by atoms with van der Waals surface area (Å²) in [6, 6.07) is 8.21. The number of rotatable bonds is 6. The van der Waals surface area contributed by atoms with Gasteiger partial charge in [0.1, 0.15) is 0 Å². The van der Waals surface area contributed by atoms with E-state index in [9.17, 15) is 9.59 Å². The number of carbonyl (C=O) groups excluding carboxylic acids is 2. The Hall–Kier alpha value is -2.43. The minimum atomic E-state index is 0.00760. The van der Waals surface area contributed by atoms with Gasteiger partial charge in [-0.3, -0.25) is 14.5 Å². The van der Waals surface area contributed by atoms with Gasteiger partial charge in [0.15, 0.2) is 0 Å². The number of aryl methyl sites for hydroxylation is 2. The molecule has 0 atom stereocenters. The Morgan fingerprint density at radius 3 is 2.33 bits per heavy atom. The molecule has 0 radical (unpaired) electrons. The number of hydrogen-bond donors (Lipinski definition) is 0. The van der Waals surface area contributed by atoms with Crippen LogP contribution >= 0.6 is 0 Å². The highest BCUT2D eigenvalue weighted by Gasteiger charge is 2.30. The van der Waals surface area contributed by atoms with E-state index in [0.717, 1.165) is 42.7 Å². The first kappa shape index (κ1) is 22.3. The Balaban J connectivity index is 1.57. The highest BCUT2D eigenvalue weighted by atomic mass is 16.5. The molecule has 0 N–H and O–H groups in total. The lowest BCUT2D eigenvalue weighted by Gasteiger charge is -2.36. The van der Waals surface area contributed by atoms with Crippen LogP contribution in [-0.4, -0.2) is 74.1 Å². The lowest BCUT2D eigenvalue weighted by atomic mass is 9.95. The summed E-state index contributed by atoms with van der Waals surface area (Å²) in [6.07, 6.45) is 1.87. The Morgan fingerprint density at radius 2 is 1.73 bits per heavy atom. The average molecular weight is 413 g/mol. The van der Waals surface area contributed by atoms with Crippen LogP contribution in [0.4, 0.5) is 5.69 Å². The highest BCUT2D eigenvalue weighted by Crippen LogP contribution is 2.22. The molecular weight excluding hydrogens is 380 g/mol. The zero-order valence-corrected chi connectivity index (χ0v) is 18.1. The van der Waals surface area contributed by atoms with Crippen molar-refractivity contribution in [2.24, 2.45) is 5.92 Å². The molecule has 1 aromatic carbocycles. The number of morpholine rings is 1. The topological polar surface area (TPSA) is 76.9 Å². The molecule has 7 nitrogen and oxygen atoms in total. The molecule has 2 heterocycles.